The number of carbonyl (C=O) groups is 2. The number of halogens is 3. The van der Waals surface area contributed by atoms with Crippen LogP contribution in [-0.4, -0.2) is 29.7 Å². The predicted octanol–water partition coefficient (Wildman–Crippen LogP) is 5.22. The van der Waals surface area contributed by atoms with Crippen LogP contribution in [0.3, 0.4) is 0 Å². The first kappa shape index (κ1) is 26.2. The summed E-state index contributed by atoms with van der Waals surface area (Å²) in [6, 6.07) is 11.1. The maximum absolute atomic E-state index is 13.0. The van der Waals surface area contributed by atoms with Crippen molar-refractivity contribution in [1.82, 2.24) is 5.32 Å². The molecule has 1 heterocycles. The molecule has 1 atom stereocenters. The van der Waals surface area contributed by atoms with Gasteiger partial charge in [0.15, 0.2) is 17.3 Å². The molecule has 2 aromatic carbocycles. The molecule has 2 aromatic rings. The van der Waals surface area contributed by atoms with Gasteiger partial charge in [-0.3, -0.25) is 9.59 Å². The van der Waals surface area contributed by atoms with Crippen molar-refractivity contribution in [1.29, 1.82) is 5.26 Å². The molecule has 2 aliphatic rings. The SMILES string of the molecule is COc1cc([C@H]2C(C#N)=C(SCC(=O)Nc3cccc(C(F)(F)F)c3)NC3=C2C(=O)CCC3)ccc1O. The maximum atomic E-state index is 13.0. The second kappa shape index (κ2) is 10.6. The van der Waals surface area contributed by atoms with Crippen molar-refractivity contribution in [2.45, 2.75) is 31.4 Å². The van der Waals surface area contributed by atoms with E-state index >= 15 is 0 Å². The Balaban J connectivity index is 1.61. The number of phenols is 1. The minimum Gasteiger partial charge on any atom is -0.504 e. The van der Waals surface area contributed by atoms with Crippen LogP contribution in [0.4, 0.5) is 18.9 Å². The van der Waals surface area contributed by atoms with Crippen molar-refractivity contribution >= 4 is 29.1 Å². The number of methoxy groups -OCH3 is 1. The number of alkyl halides is 3. The first-order valence-corrected chi connectivity index (χ1v) is 12.2. The molecule has 1 aliphatic carbocycles. The van der Waals surface area contributed by atoms with E-state index in [4.69, 9.17) is 4.74 Å². The van der Waals surface area contributed by atoms with Gasteiger partial charge in [0, 0.05) is 23.4 Å². The summed E-state index contributed by atoms with van der Waals surface area (Å²) < 4.78 is 44.1. The maximum Gasteiger partial charge on any atom is 0.416 e. The Morgan fingerprint density at radius 2 is 2.05 bits per heavy atom. The summed E-state index contributed by atoms with van der Waals surface area (Å²) in [5.41, 5.74) is 1.04. The van der Waals surface area contributed by atoms with Crippen LogP contribution >= 0.6 is 11.8 Å². The van der Waals surface area contributed by atoms with Crippen LogP contribution in [0.25, 0.3) is 0 Å². The molecular formula is C26H22F3N3O4S. The second-order valence-electron chi connectivity index (χ2n) is 8.43. The van der Waals surface area contributed by atoms with Crippen LogP contribution in [0.1, 0.15) is 36.3 Å². The van der Waals surface area contributed by atoms with Gasteiger partial charge in [-0.05, 0) is 48.7 Å². The molecule has 1 aliphatic heterocycles. The summed E-state index contributed by atoms with van der Waals surface area (Å²) in [5.74, 6) is -1.46. The number of nitrogens with zero attached hydrogens (tertiary/aromatic N) is 1. The topological polar surface area (TPSA) is 111 Å². The lowest BCUT2D eigenvalue weighted by atomic mass is 9.77. The molecule has 0 unspecified atom stereocenters. The lowest BCUT2D eigenvalue weighted by molar-refractivity contribution is -0.137. The number of dihydropyridines is 1. The van der Waals surface area contributed by atoms with Gasteiger partial charge in [-0.2, -0.15) is 18.4 Å². The van der Waals surface area contributed by atoms with Crippen molar-refractivity contribution in [3.63, 3.8) is 0 Å². The van der Waals surface area contributed by atoms with Crippen LogP contribution in [0.2, 0.25) is 0 Å². The molecular weight excluding hydrogens is 507 g/mol. The highest BCUT2D eigenvalue weighted by Crippen LogP contribution is 2.45. The number of anilines is 1. The first-order valence-electron chi connectivity index (χ1n) is 11.3. The number of amides is 1. The normalized spacial score (nSPS) is 17.6. The fourth-order valence-electron chi connectivity index (χ4n) is 4.35. The van der Waals surface area contributed by atoms with Crippen molar-refractivity contribution in [3.05, 3.63) is 75.5 Å². The summed E-state index contributed by atoms with van der Waals surface area (Å²) in [6.07, 6.45) is -2.99. The smallest absolute Gasteiger partial charge is 0.416 e. The second-order valence-corrected chi connectivity index (χ2v) is 9.41. The Bertz CT molecular complexity index is 1360. The number of nitriles is 1. The summed E-state index contributed by atoms with van der Waals surface area (Å²) in [6.45, 7) is 0. The molecule has 3 N–H and O–H groups in total. The summed E-state index contributed by atoms with van der Waals surface area (Å²) in [7, 11) is 1.39. The number of rotatable bonds is 6. The Morgan fingerprint density at radius 3 is 2.76 bits per heavy atom. The van der Waals surface area contributed by atoms with Crippen molar-refractivity contribution in [2.24, 2.45) is 0 Å². The van der Waals surface area contributed by atoms with E-state index in [0.29, 0.717) is 41.1 Å². The molecule has 0 radical (unpaired) electrons. The molecule has 0 fully saturated rings. The van der Waals surface area contributed by atoms with Crippen LogP contribution in [-0.2, 0) is 15.8 Å². The average Bonchev–Trinajstić information content (AvgIpc) is 2.86. The van der Waals surface area contributed by atoms with E-state index in [9.17, 15) is 33.1 Å². The van der Waals surface area contributed by atoms with Crippen molar-refractivity contribution < 1.29 is 32.6 Å². The van der Waals surface area contributed by atoms with E-state index in [1.807, 2.05) is 0 Å². The molecule has 7 nitrogen and oxygen atoms in total. The molecule has 192 valence electrons. The van der Waals surface area contributed by atoms with Crippen LogP contribution < -0.4 is 15.4 Å². The van der Waals surface area contributed by atoms with Gasteiger partial charge >= 0.3 is 6.18 Å². The largest absolute Gasteiger partial charge is 0.504 e. The van der Waals surface area contributed by atoms with E-state index in [1.54, 1.807) is 12.1 Å². The van der Waals surface area contributed by atoms with E-state index in [2.05, 4.69) is 16.7 Å². The van der Waals surface area contributed by atoms with E-state index in [1.165, 1.54) is 25.3 Å². The van der Waals surface area contributed by atoms with Crippen LogP contribution in [0.15, 0.2) is 64.3 Å². The number of phenolic OH excluding ortho intramolecular Hbond substituents is 1. The van der Waals surface area contributed by atoms with E-state index in [0.717, 1.165) is 23.9 Å². The van der Waals surface area contributed by atoms with Crippen molar-refractivity contribution in [3.8, 4) is 17.6 Å². The van der Waals surface area contributed by atoms with Gasteiger partial charge in [-0.1, -0.05) is 23.9 Å². The van der Waals surface area contributed by atoms with Gasteiger partial charge in [0.2, 0.25) is 5.91 Å². The molecule has 11 heteroatoms. The monoisotopic (exact) mass is 529 g/mol. The average molecular weight is 530 g/mol. The number of Topliss-reactive ketones (excluding diaryl/α,β-unsaturated/α-hetero) is 1. The van der Waals surface area contributed by atoms with Gasteiger partial charge in [-0.25, -0.2) is 0 Å². The quantitative estimate of drug-likeness (QED) is 0.470. The number of benzene rings is 2. The Morgan fingerprint density at radius 1 is 1.27 bits per heavy atom. The molecule has 4 rings (SSSR count). The summed E-state index contributed by atoms with van der Waals surface area (Å²) >= 11 is 1.02. The van der Waals surface area contributed by atoms with Gasteiger partial charge in [0.25, 0.3) is 0 Å². The number of thioether (sulfide) groups is 1. The highest BCUT2D eigenvalue weighted by atomic mass is 32.2. The molecule has 0 bridgehead atoms. The molecule has 0 aromatic heterocycles. The van der Waals surface area contributed by atoms with E-state index in [-0.39, 0.29) is 34.3 Å². The molecule has 1 amide bonds. The third kappa shape index (κ3) is 5.59. The first-order chi connectivity index (χ1) is 17.6. The molecule has 0 saturated heterocycles. The number of aromatic hydroxyl groups is 1. The lowest BCUT2D eigenvalue weighted by Gasteiger charge is -2.33. The minimum atomic E-state index is -4.54. The molecule has 37 heavy (non-hydrogen) atoms. The standard InChI is InChI=1S/C26H22F3N3O4S/c1-36-21-10-14(8-9-19(21)33)23-17(12-30)25(32-18-6-3-7-20(34)24(18)23)37-13-22(35)31-16-5-2-4-15(11-16)26(27,28)29/h2,4-5,8-11,23,32-33H,3,6-7,13H2,1H3,(H,31,35)/t23-/m0/s1. The fourth-order valence-corrected chi connectivity index (χ4v) is 5.21. The summed E-state index contributed by atoms with van der Waals surface area (Å²) in [5, 5.41) is 26.1. The number of hydrogen-bond donors (Lipinski definition) is 3. The van der Waals surface area contributed by atoms with Gasteiger partial charge < -0.3 is 20.5 Å². The van der Waals surface area contributed by atoms with Crippen LogP contribution in [0, 0.1) is 11.3 Å². The Hall–Kier alpha value is -3.91. The zero-order valence-electron chi connectivity index (χ0n) is 19.6. The fraction of sp³-hybridized carbons (Fsp3) is 0.269. The minimum absolute atomic E-state index is 0.00320. The number of carbonyl (C=O) groups excluding carboxylic acids is 2. The Labute approximate surface area is 215 Å². The predicted molar refractivity (Wildman–Crippen MR) is 132 cm³/mol. The zero-order valence-corrected chi connectivity index (χ0v) is 20.4. The van der Waals surface area contributed by atoms with Gasteiger partial charge in [0.1, 0.15) is 0 Å². The number of allylic oxidation sites excluding steroid dienone is 3. The highest BCUT2D eigenvalue weighted by Gasteiger charge is 2.37. The van der Waals surface area contributed by atoms with Crippen LogP contribution in [0.5, 0.6) is 11.5 Å². The zero-order chi connectivity index (χ0) is 26.7. The third-order valence-corrected chi connectivity index (χ3v) is 7.04. The number of hydrogen-bond acceptors (Lipinski definition) is 7. The van der Waals surface area contributed by atoms with Gasteiger partial charge in [-0.15, -0.1) is 0 Å². The Kier molecular flexibility index (Phi) is 7.50. The molecule has 0 spiro atoms. The summed E-state index contributed by atoms with van der Waals surface area (Å²) in [4.78, 5) is 25.5. The van der Waals surface area contributed by atoms with Gasteiger partial charge in [0.05, 0.1) is 41.0 Å². The number of ketones is 1. The third-order valence-electron chi connectivity index (χ3n) is 6.02. The number of ether oxygens (including phenoxy) is 1. The van der Waals surface area contributed by atoms with E-state index < -0.39 is 23.6 Å². The van der Waals surface area contributed by atoms with Crippen molar-refractivity contribution in [2.75, 3.05) is 18.2 Å². The highest BCUT2D eigenvalue weighted by molar-refractivity contribution is 8.03. The lowest BCUT2D eigenvalue weighted by Crippen LogP contribution is -2.31. The molecule has 0 saturated carbocycles. The number of nitrogens with one attached hydrogen (secondary N) is 2.